The number of amides is 1. The lowest BCUT2D eigenvalue weighted by Crippen LogP contribution is -2.39. The lowest BCUT2D eigenvalue weighted by molar-refractivity contribution is -0.118. The molecule has 3 aromatic rings. The molecule has 0 spiro atoms. The van der Waals surface area contributed by atoms with Crippen LogP contribution < -0.4 is 4.90 Å². The van der Waals surface area contributed by atoms with Gasteiger partial charge >= 0.3 is 0 Å². The summed E-state index contributed by atoms with van der Waals surface area (Å²) in [6, 6.07) is 13.5. The number of hydrogen-bond acceptors (Lipinski definition) is 5. The van der Waals surface area contributed by atoms with Crippen LogP contribution in [0.2, 0.25) is 5.02 Å². The molecule has 5 nitrogen and oxygen atoms in total. The Morgan fingerprint density at radius 2 is 2.03 bits per heavy atom. The van der Waals surface area contributed by atoms with E-state index in [0.29, 0.717) is 11.6 Å². The topological polar surface area (TPSA) is 45.7 Å². The summed E-state index contributed by atoms with van der Waals surface area (Å²) in [6.45, 7) is 5.02. The summed E-state index contributed by atoms with van der Waals surface area (Å²) in [5, 5.41) is 1.36. The second-order valence-electron chi connectivity index (χ2n) is 7.23. The van der Waals surface area contributed by atoms with Crippen molar-refractivity contribution in [2.75, 3.05) is 44.3 Å². The largest absolute Gasteiger partial charge is 0.379 e. The van der Waals surface area contributed by atoms with Crippen molar-refractivity contribution in [1.29, 1.82) is 0 Å². The van der Waals surface area contributed by atoms with Crippen LogP contribution in [0.15, 0.2) is 46.9 Å². The van der Waals surface area contributed by atoms with Crippen molar-refractivity contribution >= 4 is 60.1 Å². The standard InChI is InChI=1S/C22H23BrClN3O2S/c23-17-6-7-19-20(15-17)30-22(25-19)27(9-3-8-26-10-12-29-13-11-26)21(28)14-16-4-1-2-5-18(16)24/h1-2,4-7,15H,3,8-14H2. The van der Waals surface area contributed by atoms with Crippen LogP contribution in [0, 0.1) is 0 Å². The van der Waals surface area contributed by atoms with Gasteiger partial charge in [-0.3, -0.25) is 14.6 Å². The molecule has 8 heteroatoms. The molecule has 0 unspecified atom stereocenters. The van der Waals surface area contributed by atoms with E-state index in [-0.39, 0.29) is 12.3 Å². The maximum Gasteiger partial charge on any atom is 0.233 e. The van der Waals surface area contributed by atoms with Crippen molar-refractivity contribution in [3.05, 3.63) is 57.5 Å². The Kier molecular flexibility index (Phi) is 7.38. The number of rotatable bonds is 7. The Balaban J connectivity index is 1.53. The summed E-state index contributed by atoms with van der Waals surface area (Å²) >= 11 is 11.4. The number of anilines is 1. The molecule has 2 heterocycles. The van der Waals surface area contributed by atoms with Crippen molar-refractivity contribution in [2.45, 2.75) is 12.8 Å². The van der Waals surface area contributed by atoms with Gasteiger partial charge in [-0.15, -0.1) is 0 Å². The van der Waals surface area contributed by atoms with Gasteiger partial charge in [0, 0.05) is 35.7 Å². The molecular formula is C22H23BrClN3O2S. The Morgan fingerprint density at radius 3 is 2.83 bits per heavy atom. The first-order chi connectivity index (χ1) is 14.6. The van der Waals surface area contributed by atoms with Crippen molar-refractivity contribution in [3.8, 4) is 0 Å². The lowest BCUT2D eigenvalue weighted by atomic mass is 10.1. The van der Waals surface area contributed by atoms with Crippen molar-refractivity contribution in [2.24, 2.45) is 0 Å². The highest BCUT2D eigenvalue weighted by atomic mass is 79.9. The van der Waals surface area contributed by atoms with Gasteiger partial charge in [-0.2, -0.15) is 0 Å². The van der Waals surface area contributed by atoms with Crippen molar-refractivity contribution in [3.63, 3.8) is 0 Å². The summed E-state index contributed by atoms with van der Waals surface area (Å²) in [5.41, 5.74) is 1.74. The molecule has 1 aliphatic heterocycles. The van der Waals surface area contributed by atoms with Crippen LogP contribution >= 0.6 is 38.9 Å². The molecule has 0 radical (unpaired) electrons. The molecule has 0 aliphatic carbocycles. The molecule has 4 rings (SSSR count). The smallest absolute Gasteiger partial charge is 0.233 e. The third-order valence-electron chi connectivity index (χ3n) is 5.13. The van der Waals surface area contributed by atoms with E-state index in [1.165, 1.54) is 0 Å². The predicted molar refractivity (Wildman–Crippen MR) is 127 cm³/mol. The first-order valence-electron chi connectivity index (χ1n) is 10.00. The fourth-order valence-electron chi connectivity index (χ4n) is 3.51. The van der Waals surface area contributed by atoms with Gasteiger partial charge in [0.15, 0.2) is 5.13 Å². The Morgan fingerprint density at radius 1 is 1.23 bits per heavy atom. The normalized spacial score (nSPS) is 14.9. The molecule has 30 heavy (non-hydrogen) atoms. The third-order valence-corrected chi connectivity index (χ3v) is 7.03. The third kappa shape index (κ3) is 5.39. The summed E-state index contributed by atoms with van der Waals surface area (Å²) in [7, 11) is 0. The highest BCUT2D eigenvalue weighted by Crippen LogP contribution is 2.31. The zero-order chi connectivity index (χ0) is 20.9. The lowest BCUT2D eigenvalue weighted by Gasteiger charge is -2.27. The molecule has 1 amide bonds. The molecule has 0 atom stereocenters. The fraction of sp³-hybridized carbons (Fsp3) is 0.364. The molecule has 1 fully saturated rings. The summed E-state index contributed by atoms with van der Waals surface area (Å²) in [6.07, 6.45) is 1.14. The van der Waals surface area contributed by atoms with Crippen molar-refractivity contribution in [1.82, 2.24) is 9.88 Å². The SMILES string of the molecule is O=C(Cc1ccccc1Cl)N(CCCN1CCOCC1)c1nc2ccc(Br)cc2s1. The number of nitrogens with zero attached hydrogens (tertiary/aromatic N) is 3. The number of morpholine rings is 1. The maximum atomic E-state index is 13.3. The van der Waals surface area contributed by atoms with Crippen LogP contribution in [0.25, 0.3) is 10.2 Å². The van der Waals surface area contributed by atoms with Crippen LogP contribution in [0.4, 0.5) is 5.13 Å². The van der Waals surface area contributed by atoms with Crippen molar-refractivity contribution < 1.29 is 9.53 Å². The number of ether oxygens (including phenoxy) is 1. The Labute approximate surface area is 193 Å². The zero-order valence-corrected chi connectivity index (χ0v) is 19.7. The maximum absolute atomic E-state index is 13.3. The summed E-state index contributed by atoms with van der Waals surface area (Å²) < 4.78 is 7.49. The monoisotopic (exact) mass is 507 g/mol. The molecule has 0 saturated carbocycles. The van der Waals surface area contributed by atoms with Crippen LogP contribution in [0.3, 0.4) is 0 Å². The van der Waals surface area contributed by atoms with E-state index in [1.807, 2.05) is 47.4 Å². The second kappa shape index (κ2) is 10.2. The number of carbonyl (C=O) groups excluding carboxylic acids is 1. The number of halogens is 2. The van der Waals surface area contributed by atoms with E-state index < -0.39 is 0 Å². The Hall–Kier alpha value is -1.51. The van der Waals surface area contributed by atoms with E-state index >= 15 is 0 Å². The van der Waals surface area contributed by atoms with Crippen LogP contribution in [-0.2, 0) is 16.0 Å². The second-order valence-corrected chi connectivity index (χ2v) is 9.56. The highest BCUT2D eigenvalue weighted by molar-refractivity contribution is 9.10. The summed E-state index contributed by atoms with van der Waals surface area (Å²) in [4.78, 5) is 22.2. The van der Waals surface area contributed by atoms with Crippen LogP contribution in [0.5, 0.6) is 0 Å². The molecule has 0 N–H and O–H groups in total. The summed E-state index contributed by atoms with van der Waals surface area (Å²) in [5.74, 6) is 0.0169. The minimum Gasteiger partial charge on any atom is -0.379 e. The van der Waals surface area contributed by atoms with Crippen LogP contribution in [-0.4, -0.2) is 55.2 Å². The quantitative estimate of drug-likeness (QED) is 0.450. The minimum atomic E-state index is 0.0169. The van der Waals surface area contributed by atoms with Gasteiger partial charge in [-0.05, 0) is 36.2 Å². The fourth-order valence-corrected chi connectivity index (χ4v) is 5.27. The molecule has 1 saturated heterocycles. The van der Waals surface area contributed by atoms with E-state index in [4.69, 9.17) is 21.3 Å². The minimum absolute atomic E-state index is 0.0169. The van der Waals surface area contributed by atoms with E-state index in [0.717, 1.165) is 64.7 Å². The molecule has 158 valence electrons. The Bertz CT molecular complexity index is 1020. The van der Waals surface area contributed by atoms with Gasteiger partial charge in [-0.25, -0.2) is 4.98 Å². The average Bonchev–Trinajstić information content (AvgIpc) is 3.16. The number of benzene rings is 2. The average molecular weight is 509 g/mol. The van der Waals surface area contributed by atoms with Gasteiger partial charge < -0.3 is 4.74 Å². The number of aromatic nitrogens is 1. The number of hydrogen-bond donors (Lipinski definition) is 0. The molecule has 0 bridgehead atoms. The van der Waals surface area contributed by atoms with Gasteiger partial charge in [0.05, 0.1) is 29.9 Å². The molecular weight excluding hydrogens is 486 g/mol. The van der Waals surface area contributed by atoms with Gasteiger partial charge in [0.2, 0.25) is 5.91 Å². The van der Waals surface area contributed by atoms with E-state index in [1.54, 1.807) is 11.3 Å². The van der Waals surface area contributed by atoms with Gasteiger partial charge in [0.1, 0.15) is 0 Å². The predicted octanol–water partition coefficient (Wildman–Crippen LogP) is 5.01. The molecule has 1 aliphatic rings. The van der Waals surface area contributed by atoms with Crippen LogP contribution in [0.1, 0.15) is 12.0 Å². The van der Waals surface area contributed by atoms with Gasteiger partial charge in [-0.1, -0.05) is 57.1 Å². The molecule has 1 aromatic heterocycles. The zero-order valence-electron chi connectivity index (χ0n) is 16.5. The van der Waals surface area contributed by atoms with E-state index in [2.05, 4.69) is 20.8 Å². The van der Waals surface area contributed by atoms with Gasteiger partial charge in [0.25, 0.3) is 0 Å². The number of carbonyl (C=O) groups is 1. The molecule has 2 aromatic carbocycles. The first kappa shape index (κ1) is 21.7. The highest BCUT2D eigenvalue weighted by Gasteiger charge is 2.21. The first-order valence-corrected chi connectivity index (χ1v) is 12.0. The van der Waals surface area contributed by atoms with E-state index in [9.17, 15) is 4.79 Å². The number of thiazole rings is 1. The number of fused-ring (bicyclic) bond motifs is 1.